The Kier molecular flexibility index (Phi) is 5.65. The zero-order valence-corrected chi connectivity index (χ0v) is 9.62. The van der Waals surface area contributed by atoms with Gasteiger partial charge in [0.05, 0.1) is 6.10 Å². The molecular weight excluding hydrogens is 194 g/mol. The third-order valence-corrected chi connectivity index (χ3v) is 2.43. The van der Waals surface area contributed by atoms with Crippen molar-refractivity contribution in [1.82, 2.24) is 5.32 Å². The van der Waals surface area contributed by atoms with E-state index in [-0.39, 0.29) is 24.7 Å². The van der Waals surface area contributed by atoms with Gasteiger partial charge in [-0.2, -0.15) is 0 Å². The number of hydrogen-bond acceptors (Lipinski definition) is 3. The Bertz CT molecular complexity index is 196. The van der Waals surface area contributed by atoms with Gasteiger partial charge in [-0.15, -0.1) is 0 Å². The van der Waals surface area contributed by atoms with Crippen LogP contribution in [-0.2, 0) is 14.3 Å². The molecule has 0 aromatic heterocycles. The van der Waals surface area contributed by atoms with Crippen LogP contribution in [0.4, 0.5) is 0 Å². The van der Waals surface area contributed by atoms with E-state index in [1.807, 2.05) is 13.8 Å². The zero-order chi connectivity index (χ0) is 11.1. The van der Waals surface area contributed by atoms with Crippen LogP contribution in [0.5, 0.6) is 0 Å². The second-order valence-electron chi connectivity index (χ2n) is 4.02. The molecule has 0 aliphatic carbocycles. The number of amides is 1. The number of ether oxygens (including phenoxy) is 2. The monoisotopic (exact) mass is 215 g/mol. The highest BCUT2D eigenvalue weighted by Gasteiger charge is 2.20. The van der Waals surface area contributed by atoms with Gasteiger partial charge in [0.25, 0.3) is 0 Å². The molecule has 2 unspecified atom stereocenters. The number of rotatable bonds is 5. The average Bonchev–Trinajstić information content (AvgIpc) is 2.18. The molecule has 2 atom stereocenters. The van der Waals surface area contributed by atoms with Crippen LogP contribution >= 0.6 is 0 Å². The predicted molar refractivity (Wildman–Crippen MR) is 57.7 cm³/mol. The van der Waals surface area contributed by atoms with Gasteiger partial charge in [-0.05, 0) is 26.2 Å². The maximum Gasteiger partial charge on any atom is 0.246 e. The Morgan fingerprint density at radius 3 is 3.07 bits per heavy atom. The standard InChI is InChI=1S/C11H21NO3/c1-3-5-14-8-11(13)12-10-4-6-15-9(2)7-10/h9-10H,3-8H2,1-2H3,(H,12,13). The first-order valence-corrected chi connectivity index (χ1v) is 5.71. The summed E-state index contributed by atoms with van der Waals surface area (Å²) in [6, 6.07) is 0.256. The van der Waals surface area contributed by atoms with Gasteiger partial charge in [-0.1, -0.05) is 6.92 Å². The zero-order valence-electron chi connectivity index (χ0n) is 9.62. The minimum Gasteiger partial charge on any atom is -0.378 e. The molecule has 15 heavy (non-hydrogen) atoms. The topological polar surface area (TPSA) is 47.6 Å². The van der Waals surface area contributed by atoms with Gasteiger partial charge < -0.3 is 14.8 Å². The molecule has 0 aromatic carbocycles. The summed E-state index contributed by atoms with van der Waals surface area (Å²) in [5.74, 6) is -0.0115. The van der Waals surface area contributed by atoms with Crippen molar-refractivity contribution < 1.29 is 14.3 Å². The molecule has 1 N–H and O–H groups in total. The highest BCUT2D eigenvalue weighted by atomic mass is 16.5. The average molecular weight is 215 g/mol. The lowest BCUT2D eigenvalue weighted by molar-refractivity contribution is -0.127. The molecule has 1 aliphatic heterocycles. The summed E-state index contributed by atoms with van der Waals surface area (Å²) >= 11 is 0. The first-order chi connectivity index (χ1) is 7.22. The van der Waals surface area contributed by atoms with Crippen molar-refractivity contribution in [3.63, 3.8) is 0 Å². The smallest absolute Gasteiger partial charge is 0.246 e. The van der Waals surface area contributed by atoms with Crippen LogP contribution < -0.4 is 5.32 Å². The number of nitrogens with one attached hydrogen (secondary N) is 1. The lowest BCUT2D eigenvalue weighted by Crippen LogP contribution is -2.42. The van der Waals surface area contributed by atoms with Gasteiger partial charge in [0.1, 0.15) is 6.61 Å². The largest absolute Gasteiger partial charge is 0.378 e. The number of carbonyl (C=O) groups excluding carboxylic acids is 1. The summed E-state index contributed by atoms with van der Waals surface area (Å²) in [5, 5.41) is 2.96. The van der Waals surface area contributed by atoms with E-state index in [0.717, 1.165) is 25.9 Å². The van der Waals surface area contributed by atoms with Crippen molar-refractivity contribution in [1.29, 1.82) is 0 Å². The van der Waals surface area contributed by atoms with Crippen LogP contribution in [0.3, 0.4) is 0 Å². The van der Waals surface area contributed by atoms with Crippen LogP contribution in [-0.4, -0.2) is 37.9 Å². The van der Waals surface area contributed by atoms with Crippen molar-refractivity contribution in [3.8, 4) is 0 Å². The first-order valence-electron chi connectivity index (χ1n) is 5.71. The second kappa shape index (κ2) is 6.80. The van der Waals surface area contributed by atoms with Crippen molar-refractivity contribution in [2.75, 3.05) is 19.8 Å². The molecule has 0 spiro atoms. The fourth-order valence-electron chi connectivity index (χ4n) is 1.71. The van der Waals surface area contributed by atoms with E-state index in [4.69, 9.17) is 9.47 Å². The van der Waals surface area contributed by atoms with Crippen LogP contribution in [0.2, 0.25) is 0 Å². The molecule has 1 rings (SSSR count). The molecule has 1 fully saturated rings. The van der Waals surface area contributed by atoms with Gasteiger partial charge in [0.2, 0.25) is 5.91 Å². The summed E-state index contributed by atoms with van der Waals surface area (Å²) in [6.45, 7) is 5.63. The molecule has 0 saturated carbocycles. The second-order valence-corrected chi connectivity index (χ2v) is 4.02. The van der Waals surface area contributed by atoms with Crippen molar-refractivity contribution in [3.05, 3.63) is 0 Å². The van der Waals surface area contributed by atoms with E-state index in [1.54, 1.807) is 0 Å². The SMILES string of the molecule is CCCOCC(=O)NC1CCOC(C)C1. The predicted octanol–water partition coefficient (Wildman–Crippen LogP) is 1.10. The summed E-state index contributed by atoms with van der Waals surface area (Å²) in [5.41, 5.74) is 0. The van der Waals surface area contributed by atoms with Gasteiger partial charge in [-0.3, -0.25) is 4.79 Å². The third-order valence-electron chi connectivity index (χ3n) is 2.43. The Hall–Kier alpha value is -0.610. The molecule has 1 saturated heterocycles. The maximum absolute atomic E-state index is 11.4. The van der Waals surface area contributed by atoms with Gasteiger partial charge >= 0.3 is 0 Å². The molecule has 4 heteroatoms. The highest BCUT2D eigenvalue weighted by Crippen LogP contribution is 2.12. The van der Waals surface area contributed by atoms with E-state index in [2.05, 4.69) is 5.32 Å². The molecule has 1 amide bonds. The summed E-state index contributed by atoms with van der Waals surface area (Å²) in [4.78, 5) is 11.4. The van der Waals surface area contributed by atoms with Crippen molar-refractivity contribution in [2.45, 2.75) is 45.3 Å². The summed E-state index contributed by atoms with van der Waals surface area (Å²) in [6.07, 6.45) is 3.01. The van der Waals surface area contributed by atoms with E-state index in [0.29, 0.717) is 6.61 Å². The van der Waals surface area contributed by atoms with E-state index < -0.39 is 0 Å². The molecular formula is C11H21NO3. The quantitative estimate of drug-likeness (QED) is 0.698. The fourth-order valence-corrected chi connectivity index (χ4v) is 1.71. The highest BCUT2D eigenvalue weighted by molar-refractivity contribution is 5.77. The Morgan fingerprint density at radius 1 is 1.60 bits per heavy atom. The fraction of sp³-hybridized carbons (Fsp3) is 0.909. The Balaban J connectivity index is 2.13. The van der Waals surface area contributed by atoms with Crippen LogP contribution in [0.15, 0.2) is 0 Å². The molecule has 1 aliphatic rings. The number of carbonyl (C=O) groups is 1. The lowest BCUT2D eigenvalue weighted by Gasteiger charge is -2.27. The van der Waals surface area contributed by atoms with Gasteiger partial charge in [-0.25, -0.2) is 0 Å². The summed E-state index contributed by atoms with van der Waals surface area (Å²) < 4.78 is 10.6. The minimum absolute atomic E-state index is 0.0115. The van der Waals surface area contributed by atoms with Crippen LogP contribution in [0.25, 0.3) is 0 Å². The molecule has 0 aromatic rings. The lowest BCUT2D eigenvalue weighted by atomic mass is 10.0. The van der Waals surface area contributed by atoms with Gasteiger partial charge in [0.15, 0.2) is 0 Å². The van der Waals surface area contributed by atoms with Crippen LogP contribution in [0, 0.1) is 0 Å². The van der Waals surface area contributed by atoms with Crippen molar-refractivity contribution >= 4 is 5.91 Å². The Morgan fingerprint density at radius 2 is 2.40 bits per heavy atom. The maximum atomic E-state index is 11.4. The molecule has 4 nitrogen and oxygen atoms in total. The third kappa shape index (κ3) is 5.14. The van der Waals surface area contributed by atoms with E-state index in [9.17, 15) is 4.79 Å². The van der Waals surface area contributed by atoms with Crippen LogP contribution in [0.1, 0.15) is 33.1 Å². The van der Waals surface area contributed by atoms with E-state index >= 15 is 0 Å². The minimum atomic E-state index is -0.0115. The molecule has 88 valence electrons. The number of hydrogen-bond donors (Lipinski definition) is 1. The molecule has 0 bridgehead atoms. The van der Waals surface area contributed by atoms with Crippen molar-refractivity contribution in [2.24, 2.45) is 0 Å². The summed E-state index contributed by atoms with van der Waals surface area (Å²) in [7, 11) is 0. The molecule has 1 heterocycles. The van der Waals surface area contributed by atoms with Gasteiger partial charge in [0, 0.05) is 19.3 Å². The van der Waals surface area contributed by atoms with E-state index in [1.165, 1.54) is 0 Å². The normalized spacial score (nSPS) is 26.3. The Labute approximate surface area is 91.3 Å². The first kappa shape index (κ1) is 12.5. The molecule has 0 radical (unpaired) electrons.